The number of carbonyl (C=O) groups is 1. The first kappa shape index (κ1) is 16.4. The minimum Gasteiger partial charge on any atom is -0.492 e. The van der Waals surface area contributed by atoms with E-state index in [4.69, 9.17) is 4.74 Å². The number of nitrogens with zero attached hydrogens (tertiary/aromatic N) is 2. The largest absolute Gasteiger partial charge is 0.492 e. The molecule has 3 rings (SSSR count). The van der Waals surface area contributed by atoms with E-state index in [0.717, 1.165) is 15.2 Å². The molecule has 0 aliphatic heterocycles. The summed E-state index contributed by atoms with van der Waals surface area (Å²) in [6.45, 7) is 2.53. The maximum atomic E-state index is 11.9. The minimum atomic E-state index is -0.0462. The van der Waals surface area contributed by atoms with Gasteiger partial charge >= 0.3 is 0 Å². The molecule has 1 fully saturated rings. The smallest absolute Gasteiger partial charge is 0.226 e. The fraction of sp³-hybridized carbons (Fsp3) is 0.438. The number of hydrogen-bond donors (Lipinski definition) is 1. The first-order valence-corrected chi connectivity index (χ1v) is 9.25. The second-order valence-electron chi connectivity index (χ2n) is 5.65. The molecule has 5 nitrogen and oxygen atoms in total. The second kappa shape index (κ2) is 7.40. The molecule has 2 aromatic rings. The van der Waals surface area contributed by atoms with Crippen LogP contribution < -0.4 is 10.1 Å². The van der Waals surface area contributed by atoms with Crippen LogP contribution in [0.4, 0.5) is 5.13 Å². The van der Waals surface area contributed by atoms with Crippen LogP contribution in [0.5, 0.6) is 5.75 Å². The molecule has 0 bridgehead atoms. The zero-order chi connectivity index (χ0) is 16.2. The highest BCUT2D eigenvalue weighted by atomic mass is 79.9. The predicted octanol–water partition coefficient (Wildman–Crippen LogP) is 4.28. The number of amides is 1. The second-order valence-corrected chi connectivity index (χ2v) is 7.52. The number of ether oxygens (including phenoxy) is 1. The molecule has 1 saturated carbocycles. The lowest BCUT2D eigenvalue weighted by atomic mass is 10.2. The Morgan fingerprint density at radius 3 is 3.00 bits per heavy atom. The standard InChI is InChI=1S/C16H18BrN3O2S/c1-10-4-7-13(12(17)9-10)22-8-2-3-14(21)18-16-20-19-15(23-16)11-5-6-11/h4,7,9,11H,2-3,5-6,8H2,1H3,(H,18,20,21). The number of anilines is 1. The molecule has 1 aliphatic rings. The number of rotatable bonds is 7. The number of hydrogen-bond acceptors (Lipinski definition) is 5. The lowest BCUT2D eigenvalue weighted by Crippen LogP contribution is -2.12. The van der Waals surface area contributed by atoms with Crippen LogP contribution in [0.15, 0.2) is 22.7 Å². The number of halogens is 1. The van der Waals surface area contributed by atoms with Gasteiger partial charge in [-0.05, 0) is 59.8 Å². The van der Waals surface area contributed by atoms with E-state index in [0.29, 0.717) is 30.5 Å². The summed E-state index contributed by atoms with van der Waals surface area (Å²) in [7, 11) is 0. The highest BCUT2D eigenvalue weighted by Crippen LogP contribution is 2.42. The average molecular weight is 396 g/mol. The Kier molecular flexibility index (Phi) is 5.27. The van der Waals surface area contributed by atoms with Gasteiger partial charge in [-0.3, -0.25) is 4.79 Å². The van der Waals surface area contributed by atoms with Crippen LogP contribution in [-0.4, -0.2) is 22.7 Å². The van der Waals surface area contributed by atoms with Crippen molar-refractivity contribution >= 4 is 38.3 Å². The predicted molar refractivity (Wildman–Crippen MR) is 94.1 cm³/mol. The van der Waals surface area contributed by atoms with E-state index in [1.54, 1.807) is 0 Å². The van der Waals surface area contributed by atoms with E-state index < -0.39 is 0 Å². The molecule has 1 aliphatic carbocycles. The fourth-order valence-electron chi connectivity index (χ4n) is 2.10. The molecular formula is C16H18BrN3O2S. The van der Waals surface area contributed by atoms with Gasteiger partial charge in [-0.1, -0.05) is 17.4 Å². The van der Waals surface area contributed by atoms with Gasteiger partial charge in [0, 0.05) is 12.3 Å². The summed E-state index contributed by atoms with van der Waals surface area (Å²) >= 11 is 4.95. The van der Waals surface area contributed by atoms with Crippen LogP contribution >= 0.6 is 27.3 Å². The number of aromatic nitrogens is 2. The molecule has 0 spiro atoms. The highest BCUT2D eigenvalue weighted by molar-refractivity contribution is 9.10. The molecule has 1 N–H and O–H groups in total. The molecular weight excluding hydrogens is 378 g/mol. The van der Waals surface area contributed by atoms with Gasteiger partial charge in [0.25, 0.3) is 0 Å². The third-order valence-corrected chi connectivity index (χ3v) is 5.13. The fourth-order valence-corrected chi connectivity index (χ4v) is 3.64. The lowest BCUT2D eigenvalue weighted by Gasteiger charge is -2.08. The normalized spacial score (nSPS) is 13.8. The van der Waals surface area contributed by atoms with Gasteiger partial charge in [0.1, 0.15) is 10.8 Å². The number of aryl methyl sites for hydroxylation is 1. The SMILES string of the molecule is Cc1ccc(OCCCC(=O)Nc2nnc(C3CC3)s2)c(Br)c1. The molecule has 1 heterocycles. The topological polar surface area (TPSA) is 64.1 Å². The van der Waals surface area contributed by atoms with Gasteiger partial charge < -0.3 is 10.1 Å². The first-order chi connectivity index (χ1) is 11.1. The Bertz CT molecular complexity index is 700. The van der Waals surface area contributed by atoms with Crippen molar-refractivity contribution in [3.05, 3.63) is 33.2 Å². The van der Waals surface area contributed by atoms with Gasteiger partial charge in [0.2, 0.25) is 11.0 Å². The van der Waals surface area contributed by atoms with Gasteiger partial charge in [-0.2, -0.15) is 0 Å². The van der Waals surface area contributed by atoms with Crippen LogP contribution in [0.2, 0.25) is 0 Å². The molecule has 1 amide bonds. The first-order valence-electron chi connectivity index (χ1n) is 7.64. The average Bonchev–Trinajstić information content (AvgIpc) is 3.26. The Balaban J connectivity index is 1.38. The summed E-state index contributed by atoms with van der Waals surface area (Å²) in [5.41, 5.74) is 1.17. The lowest BCUT2D eigenvalue weighted by molar-refractivity contribution is -0.116. The molecule has 0 radical (unpaired) electrons. The van der Waals surface area contributed by atoms with Crippen LogP contribution in [-0.2, 0) is 4.79 Å². The van der Waals surface area contributed by atoms with Crippen molar-refractivity contribution in [1.82, 2.24) is 10.2 Å². The molecule has 0 saturated heterocycles. The van der Waals surface area contributed by atoms with Crippen molar-refractivity contribution in [2.45, 2.75) is 38.5 Å². The Morgan fingerprint density at radius 1 is 1.43 bits per heavy atom. The summed E-state index contributed by atoms with van der Waals surface area (Å²) in [5.74, 6) is 1.32. The Hall–Kier alpha value is -1.47. The molecule has 23 heavy (non-hydrogen) atoms. The minimum absolute atomic E-state index is 0.0462. The molecule has 0 atom stereocenters. The summed E-state index contributed by atoms with van der Waals surface area (Å²) in [4.78, 5) is 11.9. The number of nitrogens with one attached hydrogen (secondary N) is 1. The quantitative estimate of drug-likeness (QED) is 0.710. The van der Waals surface area contributed by atoms with E-state index in [-0.39, 0.29) is 5.91 Å². The molecule has 7 heteroatoms. The van der Waals surface area contributed by atoms with Crippen molar-refractivity contribution in [3.8, 4) is 5.75 Å². The van der Waals surface area contributed by atoms with E-state index in [1.807, 2.05) is 25.1 Å². The Labute approximate surface area is 147 Å². The molecule has 122 valence electrons. The van der Waals surface area contributed by atoms with Gasteiger partial charge in [-0.25, -0.2) is 0 Å². The number of carbonyl (C=O) groups excluding carboxylic acids is 1. The third kappa shape index (κ3) is 4.75. The van der Waals surface area contributed by atoms with Crippen LogP contribution in [0.1, 0.15) is 42.2 Å². The van der Waals surface area contributed by atoms with Crippen molar-refractivity contribution in [2.24, 2.45) is 0 Å². The summed E-state index contributed by atoms with van der Waals surface area (Å²) < 4.78 is 6.62. The van der Waals surface area contributed by atoms with Crippen molar-refractivity contribution in [3.63, 3.8) is 0 Å². The van der Waals surface area contributed by atoms with Crippen molar-refractivity contribution in [2.75, 3.05) is 11.9 Å². The summed E-state index contributed by atoms with van der Waals surface area (Å²) in [6, 6.07) is 5.94. The van der Waals surface area contributed by atoms with E-state index >= 15 is 0 Å². The van der Waals surface area contributed by atoms with Crippen molar-refractivity contribution < 1.29 is 9.53 Å². The van der Waals surface area contributed by atoms with E-state index in [1.165, 1.54) is 29.7 Å². The summed E-state index contributed by atoms with van der Waals surface area (Å²) in [6.07, 6.45) is 3.44. The molecule has 1 aromatic carbocycles. The highest BCUT2D eigenvalue weighted by Gasteiger charge is 2.27. The number of benzene rings is 1. The maximum absolute atomic E-state index is 11.9. The van der Waals surface area contributed by atoms with Gasteiger partial charge in [0.15, 0.2) is 0 Å². The van der Waals surface area contributed by atoms with E-state index in [9.17, 15) is 4.79 Å². The monoisotopic (exact) mass is 395 g/mol. The van der Waals surface area contributed by atoms with Crippen molar-refractivity contribution in [1.29, 1.82) is 0 Å². The van der Waals surface area contributed by atoms with Gasteiger partial charge in [-0.15, -0.1) is 10.2 Å². The maximum Gasteiger partial charge on any atom is 0.226 e. The zero-order valence-electron chi connectivity index (χ0n) is 12.8. The third-order valence-electron chi connectivity index (χ3n) is 3.51. The molecule has 1 aromatic heterocycles. The molecule has 0 unspecified atom stereocenters. The van der Waals surface area contributed by atoms with Crippen LogP contribution in [0.3, 0.4) is 0 Å². The van der Waals surface area contributed by atoms with E-state index in [2.05, 4.69) is 31.4 Å². The zero-order valence-corrected chi connectivity index (χ0v) is 15.2. The van der Waals surface area contributed by atoms with Crippen LogP contribution in [0.25, 0.3) is 0 Å². The summed E-state index contributed by atoms with van der Waals surface area (Å²) in [5, 5.41) is 12.6. The Morgan fingerprint density at radius 2 is 2.26 bits per heavy atom. The van der Waals surface area contributed by atoms with Crippen LogP contribution in [0, 0.1) is 6.92 Å². The van der Waals surface area contributed by atoms with Gasteiger partial charge in [0.05, 0.1) is 11.1 Å².